The Bertz CT molecular complexity index is 442. The Hall–Kier alpha value is -1.51. The number of amides is 1. The lowest BCUT2D eigenvalue weighted by molar-refractivity contribution is -0.125. The molecule has 1 fully saturated rings. The van der Waals surface area contributed by atoms with Gasteiger partial charge in [0.2, 0.25) is 5.91 Å². The molecule has 3 heteroatoms. The average molecular weight is 217 g/mol. The summed E-state index contributed by atoms with van der Waals surface area (Å²) in [4.78, 5) is 11.5. The molecule has 1 saturated heterocycles. The Morgan fingerprint density at radius 3 is 3.06 bits per heavy atom. The van der Waals surface area contributed by atoms with Gasteiger partial charge < -0.3 is 10.1 Å². The third-order valence-corrected chi connectivity index (χ3v) is 3.62. The molecule has 1 aliphatic heterocycles. The minimum Gasteiger partial charge on any atom is -0.497 e. The lowest BCUT2D eigenvalue weighted by Gasteiger charge is -2.36. The zero-order chi connectivity index (χ0) is 11.1. The van der Waals surface area contributed by atoms with Gasteiger partial charge in [0.15, 0.2) is 0 Å². The second kappa shape index (κ2) is 3.51. The van der Waals surface area contributed by atoms with Crippen LogP contribution in [0.1, 0.15) is 30.0 Å². The Kier molecular flexibility index (Phi) is 2.13. The van der Waals surface area contributed by atoms with Crippen molar-refractivity contribution in [2.75, 3.05) is 7.11 Å². The SMILES string of the molecule is COc1ccc2c(c1)[C@H]1C[C@@H](CC(=O)N1)C2. The first-order valence-electron chi connectivity index (χ1n) is 5.72. The molecule has 0 unspecified atom stereocenters. The molecular weight excluding hydrogens is 202 g/mol. The van der Waals surface area contributed by atoms with E-state index in [4.69, 9.17) is 4.74 Å². The minimum atomic E-state index is 0.190. The van der Waals surface area contributed by atoms with Crippen LogP contribution < -0.4 is 10.1 Å². The van der Waals surface area contributed by atoms with Crippen LogP contribution in [0.2, 0.25) is 0 Å². The van der Waals surface area contributed by atoms with Gasteiger partial charge >= 0.3 is 0 Å². The van der Waals surface area contributed by atoms with Crippen LogP contribution in [0.3, 0.4) is 0 Å². The van der Waals surface area contributed by atoms with E-state index >= 15 is 0 Å². The molecule has 2 bridgehead atoms. The highest BCUT2D eigenvalue weighted by Crippen LogP contribution is 2.39. The van der Waals surface area contributed by atoms with E-state index in [2.05, 4.69) is 17.4 Å². The second-order valence-electron chi connectivity index (χ2n) is 4.69. The number of benzene rings is 1. The van der Waals surface area contributed by atoms with Crippen LogP contribution in [0.15, 0.2) is 18.2 Å². The van der Waals surface area contributed by atoms with Crippen LogP contribution >= 0.6 is 0 Å². The summed E-state index contributed by atoms with van der Waals surface area (Å²) in [7, 11) is 1.67. The molecule has 0 radical (unpaired) electrons. The molecule has 1 amide bonds. The molecule has 1 aromatic carbocycles. The first-order chi connectivity index (χ1) is 7.76. The molecule has 2 atom stereocenters. The molecule has 0 saturated carbocycles. The highest BCUT2D eigenvalue weighted by Gasteiger charge is 2.33. The smallest absolute Gasteiger partial charge is 0.220 e. The highest BCUT2D eigenvalue weighted by molar-refractivity contribution is 5.78. The number of piperidine rings is 1. The summed E-state index contributed by atoms with van der Waals surface area (Å²) in [6.07, 6.45) is 2.79. The summed E-state index contributed by atoms with van der Waals surface area (Å²) in [5.41, 5.74) is 2.60. The predicted molar refractivity (Wildman–Crippen MR) is 60.3 cm³/mol. The van der Waals surface area contributed by atoms with Crippen molar-refractivity contribution in [3.05, 3.63) is 29.3 Å². The van der Waals surface area contributed by atoms with E-state index in [1.54, 1.807) is 7.11 Å². The van der Waals surface area contributed by atoms with E-state index in [1.807, 2.05) is 6.07 Å². The Labute approximate surface area is 94.8 Å². The molecule has 1 aliphatic carbocycles. The molecule has 1 N–H and O–H groups in total. The van der Waals surface area contributed by atoms with Gasteiger partial charge in [-0.25, -0.2) is 0 Å². The second-order valence-corrected chi connectivity index (χ2v) is 4.69. The van der Waals surface area contributed by atoms with Gasteiger partial charge in [-0.05, 0) is 42.0 Å². The number of hydrogen-bond donors (Lipinski definition) is 1. The molecule has 0 aromatic heterocycles. The number of fused-ring (bicyclic) bond motifs is 4. The van der Waals surface area contributed by atoms with Gasteiger partial charge in [0, 0.05) is 6.42 Å². The molecule has 1 heterocycles. The normalized spacial score (nSPS) is 26.9. The van der Waals surface area contributed by atoms with E-state index in [9.17, 15) is 4.79 Å². The number of carbonyl (C=O) groups excluding carboxylic acids is 1. The maximum Gasteiger partial charge on any atom is 0.220 e. The van der Waals surface area contributed by atoms with E-state index in [0.29, 0.717) is 12.3 Å². The Morgan fingerprint density at radius 2 is 2.25 bits per heavy atom. The number of nitrogens with one attached hydrogen (secondary N) is 1. The summed E-state index contributed by atoms with van der Waals surface area (Å²) in [5, 5.41) is 3.06. The van der Waals surface area contributed by atoms with Gasteiger partial charge in [0.05, 0.1) is 13.2 Å². The summed E-state index contributed by atoms with van der Waals surface area (Å²) < 4.78 is 5.23. The lowest BCUT2D eigenvalue weighted by Crippen LogP contribution is -2.40. The fraction of sp³-hybridized carbons (Fsp3) is 0.462. The number of carbonyl (C=O) groups is 1. The van der Waals surface area contributed by atoms with Gasteiger partial charge in [-0.1, -0.05) is 6.07 Å². The monoisotopic (exact) mass is 217 g/mol. The van der Waals surface area contributed by atoms with Crippen LogP contribution in [0.4, 0.5) is 0 Å². The third kappa shape index (κ3) is 1.47. The van der Waals surface area contributed by atoms with Crippen molar-refractivity contribution in [1.29, 1.82) is 0 Å². The van der Waals surface area contributed by atoms with E-state index in [1.165, 1.54) is 11.1 Å². The molecule has 0 spiro atoms. The van der Waals surface area contributed by atoms with Crippen molar-refractivity contribution in [3.63, 3.8) is 0 Å². The molecule has 2 aliphatic rings. The van der Waals surface area contributed by atoms with Crippen molar-refractivity contribution in [2.24, 2.45) is 5.92 Å². The average Bonchev–Trinajstić information content (AvgIpc) is 2.28. The van der Waals surface area contributed by atoms with Crippen molar-refractivity contribution in [3.8, 4) is 5.75 Å². The lowest BCUT2D eigenvalue weighted by atomic mass is 9.76. The first kappa shape index (κ1) is 9.70. The molecule has 3 rings (SSSR count). The maximum absolute atomic E-state index is 11.5. The van der Waals surface area contributed by atoms with Gasteiger partial charge in [0.1, 0.15) is 5.75 Å². The van der Waals surface area contributed by atoms with Crippen molar-refractivity contribution >= 4 is 5.91 Å². The summed E-state index contributed by atoms with van der Waals surface area (Å²) in [6, 6.07) is 6.39. The van der Waals surface area contributed by atoms with E-state index in [-0.39, 0.29) is 11.9 Å². The standard InChI is InChI=1S/C13H15NO2/c1-16-10-3-2-9-4-8-5-12(11(9)7-10)14-13(15)6-8/h2-3,7-8,12H,4-6H2,1H3,(H,14,15)/t8-,12+/m0/s1. The predicted octanol–water partition coefficient (Wildman–Crippen LogP) is 1.82. The number of rotatable bonds is 1. The summed E-state index contributed by atoms with van der Waals surface area (Å²) in [6.45, 7) is 0. The molecule has 84 valence electrons. The van der Waals surface area contributed by atoms with Gasteiger partial charge in [-0.3, -0.25) is 4.79 Å². The topological polar surface area (TPSA) is 38.3 Å². The highest BCUT2D eigenvalue weighted by atomic mass is 16.5. The van der Waals surface area contributed by atoms with Crippen molar-refractivity contribution < 1.29 is 9.53 Å². The van der Waals surface area contributed by atoms with E-state index < -0.39 is 0 Å². The van der Waals surface area contributed by atoms with Crippen LogP contribution in [0.25, 0.3) is 0 Å². The van der Waals surface area contributed by atoms with Gasteiger partial charge in [-0.15, -0.1) is 0 Å². The van der Waals surface area contributed by atoms with Crippen LogP contribution in [-0.4, -0.2) is 13.0 Å². The summed E-state index contributed by atoms with van der Waals surface area (Å²) >= 11 is 0. The molecule has 16 heavy (non-hydrogen) atoms. The van der Waals surface area contributed by atoms with Crippen LogP contribution in [0, 0.1) is 5.92 Å². The van der Waals surface area contributed by atoms with Gasteiger partial charge in [-0.2, -0.15) is 0 Å². The molecular formula is C13H15NO2. The number of methoxy groups -OCH3 is 1. The van der Waals surface area contributed by atoms with Crippen molar-refractivity contribution in [1.82, 2.24) is 5.32 Å². The Morgan fingerprint density at radius 1 is 1.38 bits per heavy atom. The fourth-order valence-electron chi connectivity index (χ4n) is 2.87. The third-order valence-electron chi connectivity index (χ3n) is 3.62. The Balaban J connectivity index is 2.02. The first-order valence-corrected chi connectivity index (χ1v) is 5.72. The van der Waals surface area contributed by atoms with Crippen molar-refractivity contribution in [2.45, 2.75) is 25.3 Å². The quantitative estimate of drug-likeness (QED) is 0.779. The zero-order valence-corrected chi connectivity index (χ0v) is 9.32. The van der Waals surface area contributed by atoms with Crippen LogP contribution in [0.5, 0.6) is 5.75 Å². The zero-order valence-electron chi connectivity index (χ0n) is 9.32. The molecule has 1 aromatic rings. The number of hydrogen-bond acceptors (Lipinski definition) is 2. The maximum atomic E-state index is 11.5. The minimum absolute atomic E-state index is 0.190. The summed E-state index contributed by atoms with van der Waals surface area (Å²) in [5.74, 6) is 1.59. The van der Waals surface area contributed by atoms with Gasteiger partial charge in [0.25, 0.3) is 0 Å². The number of ether oxygens (including phenoxy) is 1. The fourth-order valence-corrected chi connectivity index (χ4v) is 2.87. The molecule has 3 nitrogen and oxygen atoms in total. The van der Waals surface area contributed by atoms with E-state index in [0.717, 1.165) is 18.6 Å². The van der Waals surface area contributed by atoms with Crippen LogP contribution in [-0.2, 0) is 11.2 Å². The largest absolute Gasteiger partial charge is 0.497 e.